The average Bonchev–Trinajstić information content (AvgIpc) is 2.47. The highest BCUT2D eigenvalue weighted by atomic mass is 15.1. The summed E-state index contributed by atoms with van der Waals surface area (Å²) in [5.41, 5.74) is 7.64. The molecular weight excluding hydrogens is 152 g/mol. The van der Waals surface area contributed by atoms with Crippen molar-refractivity contribution in [2.45, 2.75) is 13.3 Å². The third-order valence-electron chi connectivity index (χ3n) is 1.87. The number of hydrogen-bond donors (Lipinski definition) is 1. The number of nitrogens with zero attached hydrogens (tertiary/aromatic N) is 3. The fourth-order valence-electron chi connectivity index (χ4n) is 1.15. The molecule has 0 spiro atoms. The highest BCUT2D eigenvalue weighted by molar-refractivity contribution is 5.50. The molecule has 0 aliphatic carbocycles. The molecule has 2 heterocycles. The van der Waals surface area contributed by atoms with E-state index in [1.54, 1.807) is 16.9 Å². The molecule has 12 heavy (non-hydrogen) atoms. The zero-order valence-corrected chi connectivity index (χ0v) is 6.86. The quantitative estimate of drug-likeness (QED) is 0.677. The molecule has 2 rings (SSSR count). The summed E-state index contributed by atoms with van der Waals surface area (Å²) in [6.45, 7) is 2.07. The van der Waals surface area contributed by atoms with Gasteiger partial charge in [-0.1, -0.05) is 6.92 Å². The Hall–Kier alpha value is -1.58. The number of aryl methyl sites for hydroxylation is 1. The first-order valence-corrected chi connectivity index (χ1v) is 3.88. The van der Waals surface area contributed by atoms with E-state index in [9.17, 15) is 0 Å². The Morgan fingerprint density at radius 3 is 3.08 bits per heavy atom. The van der Waals surface area contributed by atoms with Crippen LogP contribution in [0.5, 0.6) is 0 Å². The van der Waals surface area contributed by atoms with E-state index in [0.717, 1.165) is 17.6 Å². The topological polar surface area (TPSA) is 56.2 Å². The minimum Gasteiger partial charge on any atom is -0.369 e. The van der Waals surface area contributed by atoms with Crippen LogP contribution < -0.4 is 5.73 Å². The maximum Gasteiger partial charge on any atom is 0.206 e. The molecule has 4 nitrogen and oxygen atoms in total. The summed E-state index contributed by atoms with van der Waals surface area (Å²) < 4.78 is 1.76. The molecule has 0 aliphatic heterocycles. The monoisotopic (exact) mass is 162 g/mol. The van der Waals surface area contributed by atoms with Crippen molar-refractivity contribution >= 4 is 11.5 Å². The Morgan fingerprint density at radius 2 is 2.33 bits per heavy atom. The molecule has 0 radical (unpaired) electrons. The molecule has 0 saturated carbocycles. The van der Waals surface area contributed by atoms with Crippen LogP contribution in [0, 0.1) is 0 Å². The van der Waals surface area contributed by atoms with Crippen molar-refractivity contribution in [1.82, 2.24) is 14.4 Å². The minimum absolute atomic E-state index is 0.486. The number of imidazole rings is 1. The molecule has 2 aromatic rings. The van der Waals surface area contributed by atoms with Crippen LogP contribution in [0.2, 0.25) is 0 Å². The van der Waals surface area contributed by atoms with Gasteiger partial charge in [0.15, 0.2) is 0 Å². The standard InChI is InChI=1S/C8H10N4/c1-2-6-3-7-4-10-8(9)12(7)5-11-6/h3-5H,2H2,1H3,(H2,9,10). The van der Waals surface area contributed by atoms with Gasteiger partial charge in [-0.25, -0.2) is 9.97 Å². The van der Waals surface area contributed by atoms with Gasteiger partial charge in [-0.05, 0) is 12.5 Å². The van der Waals surface area contributed by atoms with Crippen molar-refractivity contribution in [3.63, 3.8) is 0 Å². The lowest BCUT2D eigenvalue weighted by molar-refractivity contribution is 0.982. The van der Waals surface area contributed by atoms with Gasteiger partial charge in [0.2, 0.25) is 5.95 Å². The Labute approximate surface area is 70.1 Å². The van der Waals surface area contributed by atoms with Crippen molar-refractivity contribution in [2.24, 2.45) is 0 Å². The second-order valence-electron chi connectivity index (χ2n) is 2.65. The summed E-state index contributed by atoms with van der Waals surface area (Å²) in [4.78, 5) is 8.17. The number of hydrogen-bond acceptors (Lipinski definition) is 3. The van der Waals surface area contributed by atoms with Crippen LogP contribution >= 0.6 is 0 Å². The molecule has 2 aromatic heterocycles. The number of nitrogen functional groups attached to an aromatic ring is 1. The zero-order valence-electron chi connectivity index (χ0n) is 6.86. The predicted octanol–water partition coefficient (Wildman–Crippen LogP) is 0.874. The first-order chi connectivity index (χ1) is 5.81. The molecule has 0 fully saturated rings. The smallest absolute Gasteiger partial charge is 0.206 e. The van der Waals surface area contributed by atoms with E-state index in [0.29, 0.717) is 5.95 Å². The van der Waals surface area contributed by atoms with Gasteiger partial charge in [-0.3, -0.25) is 4.40 Å². The van der Waals surface area contributed by atoms with Crippen molar-refractivity contribution in [3.8, 4) is 0 Å². The predicted molar refractivity (Wildman–Crippen MR) is 46.8 cm³/mol. The van der Waals surface area contributed by atoms with Crippen molar-refractivity contribution in [2.75, 3.05) is 5.73 Å². The number of fused-ring (bicyclic) bond motifs is 1. The minimum atomic E-state index is 0.486. The van der Waals surface area contributed by atoms with Gasteiger partial charge in [-0.2, -0.15) is 0 Å². The lowest BCUT2D eigenvalue weighted by atomic mass is 10.3. The molecule has 0 atom stereocenters. The molecule has 0 aliphatic rings. The normalized spacial score (nSPS) is 10.8. The van der Waals surface area contributed by atoms with E-state index < -0.39 is 0 Å². The Morgan fingerprint density at radius 1 is 1.50 bits per heavy atom. The number of rotatable bonds is 1. The van der Waals surface area contributed by atoms with E-state index in [1.807, 2.05) is 6.07 Å². The van der Waals surface area contributed by atoms with Gasteiger partial charge in [0.25, 0.3) is 0 Å². The molecule has 62 valence electrons. The Balaban J connectivity index is 2.69. The zero-order chi connectivity index (χ0) is 8.55. The summed E-state index contributed by atoms with van der Waals surface area (Å²) in [6.07, 6.45) is 4.38. The lowest BCUT2D eigenvalue weighted by Crippen LogP contribution is -1.96. The van der Waals surface area contributed by atoms with Gasteiger partial charge in [0, 0.05) is 5.69 Å². The SMILES string of the molecule is CCc1cc2cnc(N)n2cn1. The van der Waals surface area contributed by atoms with Gasteiger partial charge in [0.1, 0.15) is 6.33 Å². The molecule has 0 bridgehead atoms. The largest absolute Gasteiger partial charge is 0.369 e. The molecule has 0 aromatic carbocycles. The molecule has 2 N–H and O–H groups in total. The van der Waals surface area contributed by atoms with Gasteiger partial charge in [-0.15, -0.1) is 0 Å². The summed E-state index contributed by atoms with van der Waals surface area (Å²) in [5, 5.41) is 0. The van der Waals surface area contributed by atoms with Crippen LogP contribution in [0.25, 0.3) is 5.52 Å². The van der Waals surface area contributed by atoms with E-state index >= 15 is 0 Å². The fourth-order valence-corrected chi connectivity index (χ4v) is 1.15. The van der Waals surface area contributed by atoms with Gasteiger partial charge < -0.3 is 5.73 Å². The van der Waals surface area contributed by atoms with E-state index in [2.05, 4.69) is 16.9 Å². The van der Waals surface area contributed by atoms with E-state index in [4.69, 9.17) is 5.73 Å². The first-order valence-electron chi connectivity index (χ1n) is 3.88. The van der Waals surface area contributed by atoms with Crippen LogP contribution in [0.3, 0.4) is 0 Å². The Kier molecular flexibility index (Phi) is 1.46. The molecule has 0 unspecified atom stereocenters. The summed E-state index contributed by atoms with van der Waals surface area (Å²) in [6, 6.07) is 1.99. The number of aromatic nitrogens is 3. The second-order valence-corrected chi connectivity index (χ2v) is 2.65. The van der Waals surface area contributed by atoms with E-state index in [1.165, 1.54) is 0 Å². The van der Waals surface area contributed by atoms with Crippen molar-refractivity contribution < 1.29 is 0 Å². The van der Waals surface area contributed by atoms with Crippen LogP contribution in [0.15, 0.2) is 18.6 Å². The second kappa shape index (κ2) is 2.48. The van der Waals surface area contributed by atoms with Crippen LogP contribution in [0.4, 0.5) is 5.95 Å². The van der Waals surface area contributed by atoms with Crippen LogP contribution in [-0.2, 0) is 6.42 Å². The molecule has 0 saturated heterocycles. The number of anilines is 1. The van der Waals surface area contributed by atoms with E-state index in [-0.39, 0.29) is 0 Å². The molecule has 4 heteroatoms. The van der Waals surface area contributed by atoms with Crippen molar-refractivity contribution in [3.05, 3.63) is 24.3 Å². The first kappa shape index (κ1) is 7.09. The van der Waals surface area contributed by atoms with Crippen LogP contribution in [0.1, 0.15) is 12.6 Å². The van der Waals surface area contributed by atoms with Gasteiger partial charge in [0.05, 0.1) is 11.7 Å². The van der Waals surface area contributed by atoms with Crippen LogP contribution in [-0.4, -0.2) is 14.4 Å². The average molecular weight is 162 g/mol. The maximum absolute atomic E-state index is 5.58. The Bertz CT molecular complexity index is 404. The van der Waals surface area contributed by atoms with Gasteiger partial charge >= 0.3 is 0 Å². The summed E-state index contributed by atoms with van der Waals surface area (Å²) in [7, 11) is 0. The molecule has 0 amide bonds. The lowest BCUT2D eigenvalue weighted by Gasteiger charge is -1.97. The summed E-state index contributed by atoms with van der Waals surface area (Å²) in [5.74, 6) is 0.486. The maximum atomic E-state index is 5.58. The number of nitrogens with two attached hydrogens (primary N) is 1. The highest BCUT2D eigenvalue weighted by Gasteiger charge is 1.99. The fraction of sp³-hybridized carbons (Fsp3) is 0.250. The highest BCUT2D eigenvalue weighted by Crippen LogP contribution is 2.08. The molecular formula is C8H10N4. The third-order valence-corrected chi connectivity index (χ3v) is 1.87. The van der Waals surface area contributed by atoms with Crippen molar-refractivity contribution in [1.29, 1.82) is 0 Å². The third kappa shape index (κ3) is 0.922. The summed E-state index contributed by atoms with van der Waals surface area (Å²) >= 11 is 0.